The summed E-state index contributed by atoms with van der Waals surface area (Å²) in [5, 5.41) is 7.91. The van der Waals surface area contributed by atoms with Crippen molar-refractivity contribution in [3.63, 3.8) is 0 Å². The molecule has 0 unspecified atom stereocenters. The van der Waals surface area contributed by atoms with Crippen molar-refractivity contribution in [1.82, 2.24) is 9.78 Å². The molecule has 3 heteroatoms. The number of anilines is 1. The van der Waals surface area contributed by atoms with Crippen molar-refractivity contribution in [2.75, 3.05) is 11.9 Å². The average molecular weight is 195 g/mol. The normalized spacial score (nSPS) is 11.0. The standard InChI is InChI=1S/C11H21N3/c1-6-14-10(5)11(9(4)13-14)12-7-8(2)3/h8,12H,6-7H2,1-5H3. The van der Waals surface area contributed by atoms with E-state index in [2.05, 4.69) is 45.0 Å². The van der Waals surface area contributed by atoms with Crippen LogP contribution in [-0.4, -0.2) is 16.3 Å². The first-order chi connectivity index (χ1) is 6.56. The zero-order valence-electron chi connectivity index (χ0n) is 9.89. The van der Waals surface area contributed by atoms with E-state index in [9.17, 15) is 0 Å². The molecule has 0 saturated carbocycles. The largest absolute Gasteiger partial charge is 0.382 e. The molecule has 0 aliphatic rings. The quantitative estimate of drug-likeness (QED) is 0.800. The lowest BCUT2D eigenvalue weighted by molar-refractivity contribution is 0.634. The smallest absolute Gasteiger partial charge is 0.0827 e. The third-order valence-electron chi connectivity index (χ3n) is 2.37. The van der Waals surface area contributed by atoms with Crippen LogP contribution in [0.3, 0.4) is 0 Å². The lowest BCUT2D eigenvalue weighted by Gasteiger charge is -2.09. The summed E-state index contributed by atoms with van der Waals surface area (Å²) >= 11 is 0. The van der Waals surface area contributed by atoms with Crippen molar-refractivity contribution >= 4 is 5.69 Å². The van der Waals surface area contributed by atoms with E-state index in [0.717, 1.165) is 18.8 Å². The van der Waals surface area contributed by atoms with Gasteiger partial charge in [-0.15, -0.1) is 0 Å². The van der Waals surface area contributed by atoms with Gasteiger partial charge in [0.2, 0.25) is 0 Å². The minimum absolute atomic E-state index is 0.666. The SMILES string of the molecule is CCn1nc(C)c(NCC(C)C)c1C. The summed E-state index contributed by atoms with van der Waals surface area (Å²) in [4.78, 5) is 0. The van der Waals surface area contributed by atoms with Gasteiger partial charge in [-0.05, 0) is 26.7 Å². The maximum atomic E-state index is 4.46. The van der Waals surface area contributed by atoms with Gasteiger partial charge in [-0.25, -0.2) is 0 Å². The summed E-state index contributed by atoms with van der Waals surface area (Å²) in [6.07, 6.45) is 0. The molecule has 1 aromatic heterocycles. The number of hydrogen-bond acceptors (Lipinski definition) is 2. The molecule has 1 aromatic rings. The van der Waals surface area contributed by atoms with Crippen molar-refractivity contribution in [3.8, 4) is 0 Å². The van der Waals surface area contributed by atoms with Gasteiger partial charge in [0.05, 0.1) is 17.1 Å². The fraction of sp³-hybridized carbons (Fsp3) is 0.727. The minimum atomic E-state index is 0.666. The van der Waals surface area contributed by atoms with Crippen LogP contribution < -0.4 is 5.32 Å². The summed E-state index contributed by atoms with van der Waals surface area (Å²) in [6.45, 7) is 12.7. The molecular formula is C11H21N3. The van der Waals surface area contributed by atoms with Gasteiger partial charge in [0.15, 0.2) is 0 Å². The molecule has 80 valence electrons. The molecule has 14 heavy (non-hydrogen) atoms. The van der Waals surface area contributed by atoms with Gasteiger partial charge in [-0.1, -0.05) is 13.8 Å². The molecule has 0 radical (unpaired) electrons. The van der Waals surface area contributed by atoms with Crippen LogP contribution in [0, 0.1) is 19.8 Å². The predicted octanol–water partition coefficient (Wildman–Crippen LogP) is 2.59. The van der Waals surface area contributed by atoms with Gasteiger partial charge in [-0.2, -0.15) is 5.10 Å². The third kappa shape index (κ3) is 2.28. The second kappa shape index (κ2) is 4.49. The summed E-state index contributed by atoms with van der Waals surface area (Å²) in [5.41, 5.74) is 3.55. The molecule has 0 aromatic carbocycles. The fourth-order valence-corrected chi connectivity index (χ4v) is 1.57. The van der Waals surface area contributed by atoms with E-state index >= 15 is 0 Å². The van der Waals surface area contributed by atoms with E-state index in [1.807, 2.05) is 4.68 Å². The minimum Gasteiger partial charge on any atom is -0.382 e. The van der Waals surface area contributed by atoms with Crippen LogP contribution in [0.5, 0.6) is 0 Å². The van der Waals surface area contributed by atoms with Crippen LogP contribution in [0.25, 0.3) is 0 Å². The molecule has 1 heterocycles. The Morgan fingerprint density at radius 3 is 2.43 bits per heavy atom. The Balaban J connectivity index is 2.80. The first-order valence-electron chi connectivity index (χ1n) is 5.34. The van der Waals surface area contributed by atoms with Gasteiger partial charge in [-0.3, -0.25) is 4.68 Å². The topological polar surface area (TPSA) is 29.9 Å². The van der Waals surface area contributed by atoms with Crippen LogP contribution in [0.15, 0.2) is 0 Å². The molecular weight excluding hydrogens is 174 g/mol. The fourth-order valence-electron chi connectivity index (χ4n) is 1.57. The molecule has 0 aliphatic heterocycles. The summed E-state index contributed by atoms with van der Waals surface area (Å²) in [5.74, 6) is 0.666. The Kier molecular flexibility index (Phi) is 3.55. The van der Waals surface area contributed by atoms with Gasteiger partial charge in [0, 0.05) is 13.1 Å². The van der Waals surface area contributed by atoms with Gasteiger partial charge in [0.1, 0.15) is 0 Å². The van der Waals surface area contributed by atoms with E-state index in [-0.39, 0.29) is 0 Å². The Bertz CT molecular complexity index is 300. The predicted molar refractivity (Wildman–Crippen MR) is 60.7 cm³/mol. The lowest BCUT2D eigenvalue weighted by Crippen LogP contribution is -2.09. The highest BCUT2D eigenvalue weighted by molar-refractivity contribution is 5.51. The number of nitrogens with one attached hydrogen (secondary N) is 1. The average Bonchev–Trinajstić information content (AvgIpc) is 2.39. The first kappa shape index (κ1) is 11.1. The molecule has 0 atom stereocenters. The maximum Gasteiger partial charge on any atom is 0.0827 e. The number of nitrogens with zero attached hydrogens (tertiary/aromatic N) is 2. The number of aromatic nitrogens is 2. The Hall–Kier alpha value is -0.990. The Morgan fingerprint density at radius 2 is 2.00 bits per heavy atom. The molecule has 1 rings (SSSR count). The van der Waals surface area contributed by atoms with Crippen LogP contribution in [-0.2, 0) is 6.54 Å². The molecule has 0 bridgehead atoms. The first-order valence-corrected chi connectivity index (χ1v) is 5.34. The van der Waals surface area contributed by atoms with E-state index in [0.29, 0.717) is 5.92 Å². The van der Waals surface area contributed by atoms with E-state index in [1.165, 1.54) is 11.4 Å². The van der Waals surface area contributed by atoms with Crippen molar-refractivity contribution in [2.24, 2.45) is 5.92 Å². The summed E-state index contributed by atoms with van der Waals surface area (Å²) in [6, 6.07) is 0. The van der Waals surface area contributed by atoms with Gasteiger partial charge >= 0.3 is 0 Å². The summed E-state index contributed by atoms with van der Waals surface area (Å²) in [7, 11) is 0. The zero-order chi connectivity index (χ0) is 10.7. The molecule has 1 N–H and O–H groups in total. The van der Waals surface area contributed by atoms with E-state index in [4.69, 9.17) is 0 Å². The summed E-state index contributed by atoms with van der Waals surface area (Å²) < 4.78 is 2.04. The lowest BCUT2D eigenvalue weighted by atomic mass is 10.2. The van der Waals surface area contributed by atoms with Crippen molar-refractivity contribution < 1.29 is 0 Å². The highest BCUT2D eigenvalue weighted by atomic mass is 15.3. The number of hydrogen-bond donors (Lipinski definition) is 1. The Labute approximate surface area is 86.5 Å². The monoisotopic (exact) mass is 195 g/mol. The molecule has 0 spiro atoms. The zero-order valence-corrected chi connectivity index (χ0v) is 9.89. The van der Waals surface area contributed by atoms with Gasteiger partial charge < -0.3 is 5.32 Å². The van der Waals surface area contributed by atoms with Crippen molar-refractivity contribution in [2.45, 2.75) is 41.2 Å². The van der Waals surface area contributed by atoms with Crippen molar-refractivity contribution in [3.05, 3.63) is 11.4 Å². The highest BCUT2D eigenvalue weighted by Gasteiger charge is 2.09. The van der Waals surface area contributed by atoms with Crippen LogP contribution in [0.1, 0.15) is 32.2 Å². The Morgan fingerprint density at radius 1 is 1.36 bits per heavy atom. The van der Waals surface area contributed by atoms with Crippen LogP contribution >= 0.6 is 0 Å². The molecule has 0 fully saturated rings. The second-order valence-electron chi connectivity index (χ2n) is 4.14. The van der Waals surface area contributed by atoms with E-state index in [1.54, 1.807) is 0 Å². The molecule has 0 aliphatic carbocycles. The van der Waals surface area contributed by atoms with Gasteiger partial charge in [0.25, 0.3) is 0 Å². The molecule has 3 nitrogen and oxygen atoms in total. The number of aryl methyl sites for hydroxylation is 2. The maximum absolute atomic E-state index is 4.46. The van der Waals surface area contributed by atoms with Crippen LogP contribution in [0.2, 0.25) is 0 Å². The van der Waals surface area contributed by atoms with E-state index < -0.39 is 0 Å². The second-order valence-corrected chi connectivity index (χ2v) is 4.14. The highest BCUT2D eigenvalue weighted by Crippen LogP contribution is 2.19. The third-order valence-corrected chi connectivity index (χ3v) is 2.37. The number of rotatable bonds is 4. The molecule has 0 amide bonds. The molecule has 0 saturated heterocycles. The van der Waals surface area contributed by atoms with Crippen molar-refractivity contribution in [1.29, 1.82) is 0 Å². The van der Waals surface area contributed by atoms with Crippen LogP contribution in [0.4, 0.5) is 5.69 Å².